The van der Waals surface area contributed by atoms with Gasteiger partial charge in [-0.2, -0.15) is 0 Å². The van der Waals surface area contributed by atoms with Crippen molar-refractivity contribution in [1.29, 1.82) is 0 Å². The van der Waals surface area contributed by atoms with Gasteiger partial charge in [-0.05, 0) is 18.8 Å². The lowest BCUT2D eigenvalue weighted by Crippen LogP contribution is -2.38. The van der Waals surface area contributed by atoms with Gasteiger partial charge in [0.2, 0.25) is 0 Å². The molecule has 1 aromatic rings. The summed E-state index contributed by atoms with van der Waals surface area (Å²) in [6.45, 7) is 7.29. The van der Waals surface area contributed by atoms with E-state index in [4.69, 9.17) is 5.84 Å². The van der Waals surface area contributed by atoms with Crippen molar-refractivity contribution in [3.8, 4) is 0 Å². The third kappa shape index (κ3) is 4.50. The lowest BCUT2D eigenvalue weighted by Gasteiger charge is -2.30. The molecule has 7 nitrogen and oxygen atoms in total. The number of hydrogen-bond acceptors (Lipinski definition) is 5. The lowest BCUT2D eigenvalue weighted by atomic mass is 10.1. The topological polar surface area (TPSA) is 89.1 Å². The molecule has 2 rings (SSSR count). The number of hydrazine groups is 1. The molecule has 3 N–H and O–H groups in total. The van der Waals surface area contributed by atoms with Crippen molar-refractivity contribution in [3.05, 3.63) is 11.9 Å². The second-order valence-corrected chi connectivity index (χ2v) is 6.17. The lowest BCUT2D eigenvalue weighted by molar-refractivity contribution is 0.0948. The standard InChI is InChI=1S/C14H26N6O/c1-11(2)9-19(12-5-3-4-6-12)7-8-20-10-13(17-18-20)14(21)16-15/h10-12H,3-9,15H2,1-2H3,(H,16,21). The van der Waals surface area contributed by atoms with Gasteiger partial charge in [-0.15, -0.1) is 5.10 Å². The first-order valence-electron chi connectivity index (χ1n) is 7.75. The number of carbonyl (C=O) groups excluding carboxylic acids is 1. The summed E-state index contributed by atoms with van der Waals surface area (Å²) in [4.78, 5) is 13.9. The SMILES string of the molecule is CC(C)CN(CCn1cc(C(=O)NN)nn1)C1CCCC1. The molecule has 7 heteroatoms. The molecule has 1 aliphatic carbocycles. The summed E-state index contributed by atoms with van der Waals surface area (Å²) >= 11 is 0. The average molecular weight is 294 g/mol. The molecule has 21 heavy (non-hydrogen) atoms. The Morgan fingerprint density at radius 1 is 1.52 bits per heavy atom. The smallest absolute Gasteiger partial charge is 0.287 e. The molecule has 0 radical (unpaired) electrons. The summed E-state index contributed by atoms with van der Waals surface area (Å²) in [7, 11) is 0. The fourth-order valence-corrected chi connectivity index (χ4v) is 2.98. The van der Waals surface area contributed by atoms with E-state index in [9.17, 15) is 4.79 Å². The van der Waals surface area contributed by atoms with Crippen molar-refractivity contribution in [2.45, 2.75) is 52.1 Å². The van der Waals surface area contributed by atoms with Crippen LogP contribution >= 0.6 is 0 Å². The number of nitrogen functional groups attached to an aromatic ring is 1. The van der Waals surface area contributed by atoms with E-state index in [-0.39, 0.29) is 5.69 Å². The van der Waals surface area contributed by atoms with Crippen LogP contribution in [0.15, 0.2) is 6.20 Å². The van der Waals surface area contributed by atoms with Crippen LogP contribution in [0.25, 0.3) is 0 Å². The highest BCUT2D eigenvalue weighted by molar-refractivity contribution is 5.91. The zero-order valence-corrected chi connectivity index (χ0v) is 13.0. The van der Waals surface area contributed by atoms with E-state index >= 15 is 0 Å². The molecule has 0 aromatic carbocycles. The van der Waals surface area contributed by atoms with Crippen LogP contribution in [0.3, 0.4) is 0 Å². The van der Waals surface area contributed by atoms with Gasteiger partial charge < -0.3 is 0 Å². The number of nitrogens with two attached hydrogens (primary N) is 1. The van der Waals surface area contributed by atoms with Crippen LogP contribution in [0, 0.1) is 5.92 Å². The van der Waals surface area contributed by atoms with Crippen LogP contribution in [0.4, 0.5) is 0 Å². The highest BCUT2D eigenvalue weighted by atomic mass is 16.2. The molecule has 0 bridgehead atoms. The van der Waals surface area contributed by atoms with Crippen molar-refractivity contribution in [2.24, 2.45) is 11.8 Å². The maximum absolute atomic E-state index is 11.4. The Morgan fingerprint density at radius 3 is 2.86 bits per heavy atom. The molecule has 1 aliphatic rings. The molecule has 1 heterocycles. The monoisotopic (exact) mass is 294 g/mol. The van der Waals surface area contributed by atoms with Crippen LogP contribution in [-0.4, -0.2) is 44.9 Å². The van der Waals surface area contributed by atoms with Crippen molar-refractivity contribution in [3.63, 3.8) is 0 Å². The minimum absolute atomic E-state index is 0.258. The van der Waals surface area contributed by atoms with Crippen LogP contribution in [-0.2, 0) is 6.54 Å². The van der Waals surface area contributed by atoms with E-state index in [1.54, 1.807) is 10.9 Å². The van der Waals surface area contributed by atoms with E-state index in [0.717, 1.165) is 19.6 Å². The molecular weight excluding hydrogens is 268 g/mol. The summed E-state index contributed by atoms with van der Waals surface area (Å²) in [5.74, 6) is 5.33. The first-order chi connectivity index (χ1) is 10.1. The minimum Gasteiger partial charge on any atom is -0.298 e. The Labute approximate surface area is 125 Å². The van der Waals surface area contributed by atoms with Gasteiger partial charge in [-0.25, -0.2) is 5.84 Å². The third-order valence-corrected chi connectivity index (χ3v) is 3.96. The second kappa shape index (κ2) is 7.51. The maximum atomic E-state index is 11.4. The molecule has 1 amide bonds. The average Bonchev–Trinajstić information content (AvgIpc) is 3.13. The summed E-state index contributed by atoms with van der Waals surface area (Å²) in [6, 6.07) is 0.697. The van der Waals surface area contributed by atoms with Gasteiger partial charge in [0.1, 0.15) is 0 Å². The van der Waals surface area contributed by atoms with Crippen molar-refractivity contribution >= 4 is 5.91 Å². The van der Waals surface area contributed by atoms with Crippen molar-refractivity contribution < 1.29 is 4.79 Å². The summed E-state index contributed by atoms with van der Waals surface area (Å²) in [6.07, 6.45) is 6.91. The predicted molar refractivity (Wildman–Crippen MR) is 80.3 cm³/mol. The number of aromatic nitrogens is 3. The first kappa shape index (κ1) is 15.9. The van der Waals surface area contributed by atoms with Gasteiger partial charge in [-0.1, -0.05) is 31.9 Å². The zero-order valence-electron chi connectivity index (χ0n) is 13.0. The zero-order chi connectivity index (χ0) is 15.2. The Morgan fingerprint density at radius 2 is 2.24 bits per heavy atom. The van der Waals surface area contributed by atoms with Crippen LogP contribution in [0.2, 0.25) is 0 Å². The van der Waals surface area contributed by atoms with Crippen molar-refractivity contribution in [1.82, 2.24) is 25.3 Å². The Bertz CT molecular complexity index is 452. The second-order valence-electron chi connectivity index (χ2n) is 6.17. The summed E-state index contributed by atoms with van der Waals surface area (Å²) in [5, 5.41) is 7.81. The number of nitrogens with zero attached hydrogens (tertiary/aromatic N) is 4. The van der Waals surface area contributed by atoms with Gasteiger partial charge in [-0.3, -0.25) is 19.8 Å². The van der Waals surface area contributed by atoms with Gasteiger partial charge in [0.25, 0.3) is 5.91 Å². The molecule has 0 atom stereocenters. The number of nitrogens with one attached hydrogen (secondary N) is 1. The third-order valence-electron chi connectivity index (χ3n) is 3.96. The quantitative estimate of drug-likeness (QED) is 0.441. The fraction of sp³-hybridized carbons (Fsp3) is 0.786. The molecule has 0 saturated heterocycles. The van der Waals surface area contributed by atoms with Crippen LogP contribution in [0.1, 0.15) is 50.0 Å². The fourth-order valence-electron chi connectivity index (χ4n) is 2.98. The normalized spacial score (nSPS) is 16.0. The molecule has 118 valence electrons. The van der Waals surface area contributed by atoms with Gasteiger partial charge in [0, 0.05) is 19.1 Å². The molecule has 0 spiro atoms. The number of rotatable bonds is 7. The van der Waals surface area contributed by atoms with E-state index in [1.807, 2.05) is 0 Å². The van der Waals surface area contributed by atoms with E-state index in [1.165, 1.54) is 25.7 Å². The molecule has 1 saturated carbocycles. The van der Waals surface area contributed by atoms with E-state index < -0.39 is 5.91 Å². The summed E-state index contributed by atoms with van der Waals surface area (Å²) in [5.41, 5.74) is 2.32. The predicted octanol–water partition coefficient (Wildman–Crippen LogP) is 0.782. The number of carbonyl (C=O) groups is 1. The maximum Gasteiger partial charge on any atom is 0.287 e. The molecule has 1 aromatic heterocycles. The molecule has 0 unspecified atom stereocenters. The minimum atomic E-state index is -0.406. The Kier molecular flexibility index (Phi) is 5.69. The Hall–Kier alpha value is -1.47. The van der Waals surface area contributed by atoms with E-state index in [0.29, 0.717) is 12.0 Å². The number of amides is 1. The van der Waals surface area contributed by atoms with Crippen LogP contribution < -0.4 is 11.3 Å². The largest absolute Gasteiger partial charge is 0.298 e. The molecule has 1 fully saturated rings. The highest BCUT2D eigenvalue weighted by Crippen LogP contribution is 2.24. The summed E-state index contributed by atoms with van der Waals surface area (Å²) < 4.78 is 1.72. The van der Waals surface area contributed by atoms with Crippen LogP contribution in [0.5, 0.6) is 0 Å². The van der Waals surface area contributed by atoms with Gasteiger partial charge >= 0.3 is 0 Å². The highest BCUT2D eigenvalue weighted by Gasteiger charge is 2.23. The van der Waals surface area contributed by atoms with Crippen molar-refractivity contribution in [2.75, 3.05) is 13.1 Å². The van der Waals surface area contributed by atoms with E-state index in [2.05, 4.69) is 34.5 Å². The first-order valence-corrected chi connectivity index (χ1v) is 7.75. The van der Waals surface area contributed by atoms with Gasteiger partial charge in [0.15, 0.2) is 5.69 Å². The number of hydrogen-bond donors (Lipinski definition) is 2. The Balaban J connectivity index is 1.91. The van der Waals surface area contributed by atoms with Gasteiger partial charge in [0.05, 0.1) is 12.7 Å². The molecule has 0 aliphatic heterocycles. The molecular formula is C14H26N6O.